The summed E-state index contributed by atoms with van der Waals surface area (Å²) in [6.07, 6.45) is 1.19. The predicted octanol–water partition coefficient (Wildman–Crippen LogP) is 3.87. The van der Waals surface area contributed by atoms with Crippen LogP contribution in [0.15, 0.2) is 42.5 Å². The summed E-state index contributed by atoms with van der Waals surface area (Å²) in [7, 11) is 3.08. The van der Waals surface area contributed by atoms with Gasteiger partial charge in [-0.1, -0.05) is 31.2 Å². The maximum Gasteiger partial charge on any atom is 0.224 e. The van der Waals surface area contributed by atoms with Crippen LogP contribution in [0.5, 0.6) is 11.5 Å². The van der Waals surface area contributed by atoms with Gasteiger partial charge in [0.15, 0.2) is 5.78 Å². The molecule has 0 heterocycles. The molecule has 0 fully saturated rings. The molecule has 5 heteroatoms. The van der Waals surface area contributed by atoms with Crippen molar-refractivity contribution in [2.24, 2.45) is 0 Å². The largest absolute Gasteiger partial charge is 0.497 e. The summed E-state index contributed by atoms with van der Waals surface area (Å²) in [5.41, 5.74) is 2.33. The molecule has 2 aromatic rings. The van der Waals surface area contributed by atoms with Crippen LogP contribution >= 0.6 is 0 Å². The molecule has 0 aromatic heterocycles. The molecule has 25 heavy (non-hydrogen) atoms. The molecule has 1 N–H and O–H groups in total. The van der Waals surface area contributed by atoms with Crippen molar-refractivity contribution in [3.05, 3.63) is 53.6 Å². The van der Waals surface area contributed by atoms with Gasteiger partial charge in [0.05, 0.1) is 19.9 Å². The Hall–Kier alpha value is -2.82. The molecule has 0 saturated heterocycles. The van der Waals surface area contributed by atoms with Crippen LogP contribution in [0.25, 0.3) is 0 Å². The second-order valence-corrected chi connectivity index (χ2v) is 5.59. The molecule has 0 radical (unpaired) electrons. The lowest BCUT2D eigenvalue weighted by Crippen LogP contribution is -2.14. The second-order valence-electron chi connectivity index (χ2n) is 5.59. The Morgan fingerprint density at radius 3 is 2.28 bits per heavy atom. The van der Waals surface area contributed by atoms with Crippen LogP contribution in [-0.4, -0.2) is 25.9 Å². The first-order chi connectivity index (χ1) is 12.1. The number of methoxy groups -OCH3 is 2. The zero-order valence-electron chi connectivity index (χ0n) is 14.8. The Bertz CT molecular complexity index is 738. The Morgan fingerprint density at radius 2 is 1.68 bits per heavy atom. The molecule has 5 nitrogen and oxygen atoms in total. The molecular formula is C20H23NO4. The van der Waals surface area contributed by atoms with E-state index in [0.29, 0.717) is 22.7 Å². The molecule has 0 unspecified atom stereocenters. The maximum atomic E-state index is 12.2. The van der Waals surface area contributed by atoms with Gasteiger partial charge in [-0.2, -0.15) is 0 Å². The number of ether oxygens (including phenoxy) is 2. The predicted molar refractivity (Wildman–Crippen MR) is 97.6 cm³/mol. The van der Waals surface area contributed by atoms with Crippen molar-refractivity contribution in [1.29, 1.82) is 0 Å². The minimum Gasteiger partial charge on any atom is -0.497 e. The standard InChI is InChI=1S/C20H23NO4/c1-4-14-5-7-15(8-6-14)18(22)10-12-20(23)21-17-13-16(24-2)9-11-19(17)25-3/h5-9,11,13H,4,10,12H2,1-3H3,(H,21,23). The number of aryl methyl sites for hydroxylation is 1. The van der Waals surface area contributed by atoms with Crippen LogP contribution in [0.1, 0.15) is 35.7 Å². The molecule has 0 aliphatic heterocycles. The van der Waals surface area contributed by atoms with E-state index in [1.165, 1.54) is 12.7 Å². The van der Waals surface area contributed by atoms with E-state index in [1.807, 2.05) is 24.3 Å². The van der Waals surface area contributed by atoms with Crippen LogP contribution in [0.4, 0.5) is 5.69 Å². The molecule has 1 amide bonds. The quantitative estimate of drug-likeness (QED) is 0.740. The summed E-state index contributed by atoms with van der Waals surface area (Å²) < 4.78 is 10.4. The van der Waals surface area contributed by atoms with E-state index < -0.39 is 0 Å². The number of hydrogen-bond acceptors (Lipinski definition) is 4. The van der Waals surface area contributed by atoms with Gasteiger partial charge < -0.3 is 14.8 Å². The summed E-state index contributed by atoms with van der Waals surface area (Å²) >= 11 is 0. The van der Waals surface area contributed by atoms with Gasteiger partial charge in [0.2, 0.25) is 5.91 Å². The van der Waals surface area contributed by atoms with E-state index in [0.717, 1.165) is 6.42 Å². The number of rotatable bonds is 8. The molecule has 0 aliphatic rings. The van der Waals surface area contributed by atoms with Gasteiger partial charge >= 0.3 is 0 Å². The first kappa shape index (κ1) is 18.5. The van der Waals surface area contributed by atoms with Crippen molar-refractivity contribution in [3.8, 4) is 11.5 Å². The number of benzene rings is 2. The fraction of sp³-hybridized carbons (Fsp3) is 0.300. The third-order valence-electron chi connectivity index (χ3n) is 3.94. The fourth-order valence-electron chi connectivity index (χ4n) is 2.42. The summed E-state index contributed by atoms with van der Waals surface area (Å²) in [5, 5.41) is 2.77. The molecule has 0 aliphatic carbocycles. The molecule has 2 aromatic carbocycles. The van der Waals surface area contributed by atoms with Crippen molar-refractivity contribution in [2.75, 3.05) is 19.5 Å². The topological polar surface area (TPSA) is 64.6 Å². The smallest absolute Gasteiger partial charge is 0.224 e. The average molecular weight is 341 g/mol. The van der Waals surface area contributed by atoms with Crippen molar-refractivity contribution in [3.63, 3.8) is 0 Å². The van der Waals surface area contributed by atoms with Gasteiger partial charge in [-0.05, 0) is 24.1 Å². The third kappa shape index (κ3) is 5.08. The Kier molecular flexibility index (Phi) is 6.57. The summed E-state index contributed by atoms with van der Waals surface area (Å²) in [6, 6.07) is 12.6. The summed E-state index contributed by atoms with van der Waals surface area (Å²) in [6.45, 7) is 2.06. The SMILES string of the molecule is CCc1ccc(C(=O)CCC(=O)Nc2cc(OC)ccc2OC)cc1. The van der Waals surface area contributed by atoms with Crippen molar-refractivity contribution < 1.29 is 19.1 Å². The van der Waals surface area contributed by atoms with Crippen LogP contribution in [0.2, 0.25) is 0 Å². The zero-order chi connectivity index (χ0) is 18.2. The number of anilines is 1. The number of Topliss-reactive ketones (excluding diaryl/α,β-unsaturated/α-hetero) is 1. The Labute approximate surface area is 148 Å². The van der Waals surface area contributed by atoms with Crippen LogP contribution < -0.4 is 14.8 Å². The molecular weight excluding hydrogens is 318 g/mol. The van der Waals surface area contributed by atoms with Gasteiger partial charge in [-0.25, -0.2) is 0 Å². The lowest BCUT2D eigenvalue weighted by molar-refractivity contribution is -0.116. The highest BCUT2D eigenvalue weighted by molar-refractivity contribution is 6.00. The highest BCUT2D eigenvalue weighted by Gasteiger charge is 2.12. The normalized spacial score (nSPS) is 10.2. The van der Waals surface area contributed by atoms with E-state index in [1.54, 1.807) is 25.3 Å². The molecule has 0 bridgehead atoms. The molecule has 0 atom stereocenters. The lowest BCUT2D eigenvalue weighted by Gasteiger charge is -2.11. The Morgan fingerprint density at radius 1 is 0.960 bits per heavy atom. The zero-order valence-corrected chi connectivity index (χ0v) is 14.8. The van der Waals surface area contributed by atoms with Crippen molar-refractivity contribution in [2.45, 2.75) is 26.2 Å². The summed E-state index contributed by atoms with van der Waals surface area (Å²) in [5.74, 6) is 0.860. The minimum absolute atomic E-state index is 0.0459. The number of carbonyl (C=O) groups excluding carboxylic acids is 2. The number of nitrogens with one attached hydrogen (secondary N) is 1. The monoisotopic (exact) mass is 341 g/mol. The van der Waals surface area contributed by atoms with Crippen LogP contribution in [0.3, 0.4) is 0 Å². The fourth-order valence-corrected chi connectivity index (χ4v) is 2.42. The third-order valence-corrected chi connectivity index (χ3v) is 3.94. The highest BCUT2D eigenvalue weighted by atomic mass is 16.5. The van der Waals surface area contributed by atoms with E-state index in [9.17, 15) is 9.59 Å². The Balaban J connectivity index is 1.95. The summed E-state index contributed by atoms with van der Waals surface area (Å²) in [4.78, 5) is 24.4. The van der Waals surface area contributed by atoms with Crippen LogP contribution in [0, 0.1) is 0 Å². The molecule has 2 rings (SSSR count). The first-order valence-electron chi connectivity index (χ1n) is 8.21. The van der Waals surface area contributed by atoms with Gasteiger partial charge in [-0.3, -0.25) is 9.59 Å². The van der Waals surface area contributed by atoms with Gasteiger partial charge in [0.25, 0.3) is 0 Å². The van der Waals surface area contributed by atoms with E-state index in [2.05, 4.69) is 12.2 Å². The highest BCUT2D eigenvalue weighted by Crippen LogP contribution is 2.29. The van der Waals surface area contributed by atoms with E-state index >= 15 is 0 Å². The lowest BCUT2D eigenvalue weighted by atomic mass is 10.0. The van der Waals surface area contributed by atoms with Crippen molar-refractivity contribution >= 4 is 17.4 Å². The molecule has 0 saturated carbocycles. The first-order valence-corrected chi connectivity index (χ1v) is 8.21. The van der Waals surface area contributed by atoms with E-state index in [4.69, 9.17) is 9.47 Å². The second kappa shape index (κ2) is 8.87. The number of amides is 1. The van der Waals surface area contributed by atoms with Crippen LogP contribution in [-0.2, 0) is 11.2 Å². The van der Waals surface area contributed by atoms with Gasteiger partial charge in [-0.15, -0.1) is 0 Å². The van der Waals surface area contributed by atoms with Gasteiger partial charge in [0.1, 0.15) is 11.5 Å². The molecule has 132 valence electrons. The number of hydrogen-bond donors (Lipinski definition) is 1. The van der Waals surface area contributed by atoms with Gasteiger partial charge in [0, 0.05) is 24.5 Å². The van der Waals surface area contributed by atoms with E-state index in [-0.39, 0.29) is 24.5 Å². The number of carbonyl (C=O) groups is 2. The molecule has 0 spiro atoms. The van der Waals surface area contributed by atoms with Crippen molar-refractivity contribution in [1.82, 2.24) is 0 Å². The minimum atomic E-state index is -0.245. The average Bonchev–Trinajstić information content (AvgIpc) is 2.66. The number of ketones is 1. The maximum absolute atomic E-state index is 12.2.